The predicted octanol–water partition coefficient (Wildman–Crippen LogP) is 2.91. The Morgan fingerprint density at radius 3 is 2.65 bits per heavy atom. The van der Waals surface area contributed by atoms with E-state index in [4.69, 9.17) is 9.47 Å². The summed E-state index contributed by atoms with van der Waals surface area (Å²) in [6.45, 7) is 3.96. The maximum Gasteiger partial charge on any atom is 0.340 e. The maximum atomic E-state index is 12.4. The summed E-state index contributed by atoms with van der Waals surface area (Å²) < 4.78 is 12.3. The summed E-state index contributed by atoms with van der Waals surface area (Å²) in [5.41, 5.74) is 2.07. The smallest absolute Gasteiger partial charge is 0.340 e. The molecule has 3 aromatic rings. The first-order valence-electron chi connectivity index (χ1n) is 7.31. The molecule has 1 aromatic carbocycles. The van der Waals surface area contributed by atoms with Gasteiger partial charge in [-0.3, -0.25) is 4.57 Å². The van der Waals surface area contributed by atoms with E-state index in [1.807, 2.05) is 29.7 Å². The highest BCUT2D eigenvalue weighted by molar-refractivity contribution is 6.06. The van der Waals surface area contributed by atoms with Crippen LogP contribution in [-0.4, -0.2) is 34.2 Å². The van der Waals surface area contributed by atoms with E-state index >= 15 is 0 Å². The van der Waals surface area contributed by atoms with Crippen molar-refractivity contribution in [3.63, 3.8) is 0 Å². The number of hydrogen-bond donors (Lipinski definition) is 0. The van der Waals surface area contributed by atoms with Crippen LogP contribution in [0.1, 0.15) is 23.0 Å². The van der Waals surface area contributed by atoms with Crippen molar-refractivity contribution in [2.24, 2.45) is 0 Å². The molecule has 6 heteroatoms. The summed E-state index contributed by atoms with van der Waals surface area (Å²) in [6.07, 6.45) is 3.34. The maximum absolute atomic E-state index is 12.4. The average molecular weight is 311 g/mol. The number of hydrogen-bond acceptors (Lipinski definition) is 5. The lowest BCUT2D eigenvalue weighted by Crippen LogP contribution is -2.08. The second-order valence-corrected chi connectivity index (χ2v) is 4.95. The lowest BCUT2D eigenvalue weighted by atomic mass is 10.1. The number of nitrogens with zero attached hydrogens (tertiary/aromatic N) is 3. The topological polar surface area (TPSA) is 66.2 Å². The average Bonchev–Trinajstić information content (AvgIpc) is 2.86. The summed E-state index contributed by atoms with van der Waals surface area (Å²) in [4.78, 5) is 21.0. The minimum atomic E-state index is -0.363. The van der Waals surface area contributed by atoms with Crippen LogP contribution in [0.15, 0.2) is 36.7 Å². The number of fused-ring (bicyclic) bond motifs is 1. The van der Waals surface area contributed by atoms with Crippen LogP contribution in [0.4, 0.5) is 0 Å². The van der Waals surface area contributed by atoms with Crippen molar-refractivity contribution in [3.8, 4) is 11.7 Å². The summed E-state index contributed by atoms with van der Waals surface area (Å²) in [6, 6.07) is 7.31. The number of rotatable bonds is 4. The number of carbonyl (C=O) groups is 1. The van der Waals surface area contributed by atoms with Crippen molar-refractivity contribution in [3.05, 3.63) is 47.9 Å². The molecule has 0 saturated carbocycles. The molecule has 0 saturated heterocycles. The van der Waals surface area contributed by atoms with E-state index in [1.165, 1.54) is 0 Å². The quantitative estimate of drug-likeness (QED) is 0.693. The standard InChI is InChI=1S/C17H17N3O3/c1-4-23-16(21)15-11(2)20(17-18-8-5-9-19-17)14-7-6-12(22-3)10-13(14)15/h5-10H,4H2,1-3H3. The summed E-state index contributed by atoms with van der Waals surface area (Å²) in [7, 11) is 1.59. The third-order valence-electron chi connectivity index (χ3n) is 3.64. The van der Waals surface area contributed by atoms with E-state index in [1.54, 1.807) is 32.5 Å². The van der Waals surface area contributed by atoms with Gasteiger partial charge in [0.05, 0.1) is 24.8 Å². The Morgan fingerprint density at radius 2 is 2.00 bits per heavy atom. The van der Waals surface area contributed by atoms with Gasteiger partial charge in [-0.05, 0) is 38.1 Å². The Morgan fingerprint density at radius 1 is 1.26 bits per heavy atom. The monoisotopic (exact) mass is 311 g/mol. The van der Waals surface area contributed by atoms with Crippen molar-refractivity contribution in [1.82, 2.24) is 14.5 Å². The number of carbonyl (C=O) groups excluding carboxylic acids is 1. The van der Waals surface area contributed by atoms with Gasteiger partial charge in [-0.2, -0.15) is 0 Å². The normalized spacial score (nSPS) is 10.7. The number of ether oxygens (including phenoxy) is 2. The van der Waals surface area contributed by atoms with Crippen molar-refractivity contribution >= 4 is 16.9 Å². The van der Waals surface area contributed by atoms with Crippen LogP contribution in [0, 0.1) is 6.92 Å². The first kappa shape index (κ1) is 15.0. The molecule has 3 rings (SSSR count). The van der Waals surface area contributed by atoms with Crippen molar-refractivity contribution in [2.75, 3.05) is 13.7 Å². The molecule has 0 N–H and O–H groups in total. The molecule has 0 fully saturated rings. The fourth-order valence-corrected chi connectivity index (χ4v) is 2.65. The van der Waals surface area contributed by atoms with E-state index < -0.39 is 0 Å². The van der Waals surface area contributed by atoms with Crippen LogP contribution >= 0.6 is 0 Å². The largest absolute Gasteiger partial charge is 0.497 e. The van der Waals surface area contributed by atoms with Crippen molar-refractivity contribution in [1.29, 1.82) is 0 Å². The molecule has 0 spiro atoms. The van der Waals surface area contributed by atoms with Crippen molar-refractivity contribution < 1.29 is 14.3 Å². The lowest BCUT2D eigenvalue weighted by molar-refractivity contribution is 0.0527. The van der Waals surface area contributed by atoms with E-state index in [9.17, 15) is 4.79 Å². The van der Waals surface area contributed by atoms with E-state index in [0.717, 1.165) is 16.6 Å². The minimum Gasteiger partial charge on any atom is -0.497 e. The molecular formula is C17H17N3O3. The Balaban J connectivity index is 2.33. The molecule has 0 aliphatic carbocycles. The second kappa shape index (κ2) is 6.08. The van der Waals surface area contributed by atoms with Gasteiger partial charge < -0.3 is 9.47 Å². The van der Waals surface area contributed by atoms with Crippen LogP contribution in [0.25, 0.3) is 16.9 Å². The zero-order chi connectivity index (χ0) is 16.4. The highest BCUT2D eigenvalue weighted by atomic mass is 16.5. The van der Waals surface area contributed by atoms with Gasteiger partial charge in [0, 0.05) is 23.5 Å². The summed E-state index contributed by atoms with van der Waals surface area (Å²) in [5.74, 6) is 0.822. The fourth-order valence-electron chi connectivity index (χ4n) is 2.65. The van der Waals surface area contributed by atoms with Crippen LogP contribution in [-0.2, 0) is 4.74 Å². The Kier molecular flexibility index (Phi) is 3.97. The first-order chi connectivity index (χ1) is 11.2. The number of methoxy groups -OCH3 is 1. The molecule has 2 heterocycles. The molecule has 2 aromatic heterocycles. The molecular weight excluding hydrogens is 294 g/mol. The number of benzene rings is 1. The summed E-state index contributed by atoms with van der Waals surface area (Å²) >= 11 is 0. The van der Waals surface area contributed by atoms with Gasteiger partial charge in [-0.15, -0.1) is 0 Å². The highest BCUT2D eigenvalue weighted by Gasteiger charge is 2.23. The Hall–Kier alpha value is -2.89. The third kappa shape index (κ3) is 2.52. The Labute approximate surface area is 133 Å². The molecule has 118 valence electrons. The van der Waals surface area contributed by atoms with Gasteiger partial charge in [-0.25, -0.2) is 14.8 Å². The molecule has 0 atom stereocenters. The molecule has 0 unspecified atom stereocenters. The van der Waals surface area contributed by atoms with Crippen LogP contribution in [0.3, 0.4) is 0 Å². The molecule has 6 nitrogen and oxygen atoms in total. The fraction of sp³-hybridized carbons (Fsp3) is 0.235. The zero-order valence-electron chi connectivity index (χ0n) is 13.2. The van der Waals surface area contributed by atoms with Crippen LogP contribution in [0.2, 0.25) is 0 Å². The second-order valence-electron chi connectivity index (χ2n) is 4.95. The molecule has 0 amide bonds. The number of esters is 1. The van der Waals surface area contributed by atoms with E-state index in [-0.39, 0.29) is 5.97 Å². The number of aromatic nitrogens is 3. The van der Waals surface area contributed by atoms with Gasteiger partial charge in [-0.1, -0.05) is 0 Å². The molecule has 0 aliphatic heterocycles. The third-order valence-corrected chi connectivity index (χ3v) is 3.64. The zero-order valence-corrected chi connectivity index (χ0v) is 13.2. The molecule has 23 heavy (non-hydrogen) atoms. The van der Waals surface area contributed by atoms with Gasteiger partial charge >= 0.3 is 5.97 Å². The van der Waals surface area contributed by atoms with Crippen LogP contribution < -0.4 is 4.74 Å². The SMILES string of the molecule is CCOC(=O)c1c(C)n(-c2ncccn2)c2ccc(OC)cc12. The van der Waals surface area contributed by atoms with Gasteiger partial charge in [0.1, 0.15) is 5.75 Å². The lowest BCUT2D eigenvalue weighted by Gasteiger charge is -2.06. The van der Waals surface area contributed by atoms with Crippen LogP contribution in [0.5, 0.6) is 5.75 Å². The molecule has 0 aliphatic rings. The molecule has 0 radical (unpaired) electrons. The highest BCUT2D eigenvalue weighted by Crippen LogP contribution is 2.31. The van der Waals surface area contributed by atoms with E-state index in [0.29, 0.717) is 23.9 Å². The minimum absolute atomic E-state index is 0.316. The van der Waals surface area contributed by atoms with Gasteiger partial charge in [0.15, 0.2) is 0 Å². The van der Waals surface area contributed by atoms with Gasteiger partial charge in [0.2, 0.25) is 5.95 Å². The molecule has 0 bridgehead atoms. The predicted molar refractivity (Wildman–Crippen MR) is 86.1 cm³/mol. The van der Waals surface area contributed by atoms with Crippen molar-refractivity contribution in [2.45, 2.75) is 13.8 Å². The Bertz CT molecular complexity index is 856. The first-order valence-corrected chi connectivity index (χ1v) is 7.31. The summed E-state index contributed by atoms with van der Waals surface area (Å²) in [5, 5.41) is 0.757. The van der Waals surface area contributed by atoms with Gasteiger partial charge in [0.25, 0.3) is 0 Å². The van der Waals surface area contributed by atoms with E-state index in [2.05, 4.69) is 9.97 Å².